The molecule has 0 unspecified atom stereocenters. The Hall–Kier alpha value is -5.60. The molecule has 0 saturated heterocycles. The number of hydrogen-bond acceptors (Lipinski definition) is 0. The van der Waals surface area contributed by atoms with Crippen molar-refractivity contribution in [2.75, 3.05) is 0 Å². The number of hydrogen-bond donors (Lipinski definition) is 0. The lowest BCUT2D eigenvalue weighted by molar-refractivity contribution is 0.590. The van der Waals surface area contributed by atoms with Crippen molar-refractivity contribution < 1.29 is 0 Å². The number of rotatable bonds is 2. The summed E-state index contributed by atoms with van der Waals surface area (Å²) in [5.41, 5.74) is 12.7. The highest BCUT2D eigenvalue weighted by Crippen LogP contribution is 2.53. The molecule has 0 saturated carbocycles. The summed E-state index contributed by atoms with van der Waals surface area (Å²) < 4.78 is 5.18. The van der Waals surface area contributed by atoms with E-state index >= 15 is 0 Å². The van der Waals surface area contributed by atoms with Crippen LogP contribution in [0.4, 0.5) is 0 Å². The number of para-hydroxylation sites is 2. The first-order valence-corrected chi connectivity index (χ1v) is 21.2. The first-order valence-electron chi connectivity index (χ1n) is 21.2. The molecule has 0 bridgehead atoms. The molecule has 0 atom stereocenters. The second kappa shape index (κ2) is 12.0. The molecule has 8 aromatic carbocycles. The Morgan fingerprint density at radius 2 is 0.621 bits per heavy atom. The van der Waals surface area contributed by atoms with E-state index in [0.717, 1.165) is 0 Å². The quantitative estimate of drug-likeness (QED) is 0.155. The van der Waals surface area contributed by atoms with Crippen molar-refractivity contribution in [1.29, 1.82) is 0 Å². The van der Waals surface area contributed by atoms with Crippen LogP contribution in [-0.2, 0) is 21.7 Å². The number of nitrogens with zero attached hydrogens (tertiary/aromatic N) is 2. The van der Waals surface area contributed by atoms with Crippen molar-refractivity contribution in [2.45, 2.75) is 105 Å². The Kier molecular flexibility index (Phi) is 7.58. The van der Waals surface area contributed by atoms with Crippen LogP contribution in [-0.4, -0.2) is 9.13 Å². The van der Waals surface area contributed by atoms with Gasteiger partial charge in [-0.3, -0.25) is 0 Å². The van der Waals surface area contributed by atoms with Gasteiger partial charge < -0.3 is 9.13 Å². The van der Waals surface area contributed by atoms with E-state index in [-0.39, 0.29) is 21.7 Å². The smallest absolute Gasteiger partial charge is 0.0626 e. The normalized spacial score (nSPS) is 13.5. The minimum Gasteiger partial charge on any atom is -0.309 e. The molecule has 2 heteroatoms. The van der Waals surface area contributed by atoms with Gasteiger partial charge in [0.05, 0.1) is 22.1 Å². The third kappa shape index (κ3) is 5.30. The second-order valence-corrected chi connectivity index (χ2v) is 21.1. The van der Waals surface area contributed by atoms with Crippen LogP contribution in [0.15, 0.2) is 121 Å². The molecule has 0 spiro atoms. The largest absolute Gasteiger partial charge is 0.309 e. The van der Waals surface area contributed by atoms with Gasteiger partial charge in [-0.25, -0.2) is 0 Å². The van der Waals surface area contributed by atoms with Crippen molar-refractivity contribution in [1.82, 2.24) is 9.13 Å². The summed E-state index contributed by atoms with van der Waals surface area (Å²) in [5, 5.41) is 13.3. The molecule has 0 N–H and O–H groups in total. The summed E-state index contributed by atoms with van der Waals surface area (Å²) in [4.78, 5) is 0. The van der Waals surface area contributed by atoms with Gasteiger partial charge in [0.2, 0.25) is 0 Å². The third-order valence-electron chi connectivity index (χ3n) is 13.0. The molecular weight excluding hydrogens is 701 g/mol. The minimum absolute atomic E-state index is 0.00420. The van der Waals surface area contributed by atoms with Gasteiger partial charge in [0.25, 0.3) is 0 Å². The zero-order valence-electron chi connectivity index (χ0n) is 36.4. The molecule has 290 valence electrons. The Morgan fingerprint density at radius 3 is 0.948 bits per heavy atom. The van der Waals surface area contributed by atoms with Gasteiger partial charge in [-0.15, -0.1) is 0 Å². The molecule has 2 aromatic heterocycles. The van der Waals surface area contributed by atoms with E-state index in [9.17, 15) is 0 Å². The molecular formula is C56H56N2. The van der Waals surface area contributed by atoms with Gasteiger partial charge >= 0.3 is 0 Å². The van der Waals surface area contributed by atoms with Crippen LogP contribution in [0.5, 0.6) is 0 Å². The van der Waals surface area contributed by atoms with Crippen LogP contribution in [0.1, 0.15) is 105 Å². The lowest BCUT2D eigenvalue weighted by Gasteiger charge is -2.26. The van der Waals surface area contributed by atoms with Crippen LogP contribution < -0.4 is 0 Å². The van der Waals surface area contributed by atoms with Crippen LogP contribution >= 0.6 is 0 Å². The zero-order valence-corrected chi connectivity index (χ0v) is 36.4. The SMILES string of the molecule is CC(C)(C)c1cc2c3c(c1)c1c(c4cc(C(C)(C)C)cc(c43)c3c2c2ccc(C(C)(C)C)cc2n3-c2ccccc2)c2ccc(C(C)(C)C)cc2n1-c1ccccc1. The summed E-state index contributed by atoms with van der Waals surface area (Å²) in [6.45, 7) is 28.2. The van der Waals surface area contributed by atoms with Gasteiger partial charge in [-0.05, 0) is 115 Å². The highest BCUT2D eigenvalue weighted by atomic mass is 15.0. The van der Waals surface area contributed by atoms with Gasteiger partial charge in [0.15, 0.2) is 0 Å². The van der Waals surface area contributed by atoms with E-state index in [2.05, 4.69) is 214 Å². The lowest BCUT2D eigenvalue weighted by atomic mass is 9.79. The maximum absolute atomic E-state index is 2.59. The van der Waals surface area contributed by atoms with Gasteiger partial charge in [-0.2, -0.15) is 0 Å². The average Bonchev–Trinajstić information content (AvgIpc) is 3.70. The molecule has 10 rings (SSSR count). The van der Waals surface area contributed by atoms with Crippen molar-refractivity contribution in [3.8, 4) is 11.4 Å². The number of fused-ring (bicyclic) bond motifs is 10. The number of aromatic nitrogens is 2. The van der Waals surface area contributed by atoms with Crippen molar-refractivity contribution >= 4 is 75.9 Å². The highest BCUT2D eigenvalue weighted by molar-refractivity contribution is 6.44. The van der Waals surface area contributed by atoms with E-state index in [4.69, 9.17) is 0 Å². The highest BCUT2D eigenvalue weighted by Gasteiger charge is 2.30. The van der Waals surface area contributed by atoms with Crippen LogP contribution in [0.2, 0.25) is 0 Å². The predicted octanol–water partition coefficient (Wildman–Crippen LogP) is 16.0. The molecule has 0 aliphatic carbocycles. The van der Waals surface area contributed by atoms with E-state index in [1.54, 1.807) is 0 Å². The minimum atomic E-state index is -0.0807. The van der Waals surface area contributed by atoms with Crippen molar-refractivity contribution in [3.63, 3.8) is 0 Å². The first-order chi connectivity index (χ1) is 27.3. The topological polar surface area (TPSA) is 9.86 Å². The Bertz CT molecular complexity index is 3050. The molecule has 10 aromatic rings. The molecule has 0 fully saturated rings. The van der Waals surface area contributed by atoms with E-state index in [1.165, 1.54) is 110 Å². The van der Waals surface area contributed by atoms with Gasteiger partial charge in [-0.1, -0.05) is 144 Å². The first kappa shape index (κ1) is 36.7. The molecule has 0 amide bonds. The van der Waals surface area contributed by atoms with Gasteiger partial charge in [0.1, 0.15) is 0 Å². The summed E-state index contributed by atoms with van der Waals surface area (Å²) >= 11 is 0. The average molecular weight is 757 g/mol. The number of benzene rings is 8. The van der Waals surface area contributed by atoms with Crippen LogP contribution in [0.3, 0.4) is 0 Å². The predicted molar refractivity (Wildman–Crippen MR) is 254 cm³/mol. The lowest BCUT2D eigenvalue weighted by Crippen LogP contribution is -2.12. The fourth-order valence-corrected chi connectivity index (χ4v) is 9.71. The van der Waals surface area contributed by atoms with E-state index < -0.39 is 0 Å². The van der Waals surface area contributed by atoms with Crippen molar-refractivity contribution in [3.05, 3.63) is 144 Å². The fourth-order valence-electron chi connectivity index (χ4n) is 9.71. The van der Waals surface area contributed by atoms with Crippen LogP contribution in [0.25, 0.3) is 87.3 Å². The Labute approximate surface area is 343 Å². The maximum atomic E-state index is 2.59. The summed E-state index contributed by atoms with van der Waals surface area (Å²) in [5.74, 6) is 0. The summed E-state index contributed by atoms with van der Waals surface area (Å²) in [6.07, 6.45) is 0. The van der Waals surface area contributed by atoms with Gasteiger partial charge in [0, 0.05) is 54.5 Å². The molecule has 58 heavy (non-hydrogen) atoms. The Morgan fingerprint density at radius 1 is 0.293 bits per heavy atom. The molecule has 0 aliphatic rings. The summed E-state index contributed by atoms with van der Waals surface area (Å²) in [7, 11) is 0. The Balaban J connectivity index is 1.59. The molecule has 2 heterocycles. The third-order valence-corrected chi connectivity index (χ3v) is 13.0. The molecule has 0 radical (unpaired) electrons. The fraction of sp³-hybridized carbons (Fsp3) is 0.286. The zero-order chi connectivity index (χ0) is 40.8. The maximum Gasteiger partial charge on any atom is 0.0626 e. The molecule has 0 aliphatic heterocycles. The van der Waals surface area contributed by atoms with Crippen LogP contribution in [0, 0.1) is 0 Å². The van der Waals surface area contributed by atoms with Crippen molar-refractivity contribution in [2.24, 2.45) is 0 Å². The van der Waals surface area contributed by atoms with E-state index in [0.29, 0.717) is 0 Å². The standard InChI is InChI=1S/C56H56N2/c1-53(2,3)33-23-25-39-45(31-33)57(37-19-15-13-16-20-37)51-43-29-36(56(10,11)12)28-42-48(43)47-41(49(39)51)27-35(55(7,8)9)30-44(47)52-50(42)40-26-24-34(54(4,5)6)32-46(40)58(52)38-21-17-14-18-22-38/h13-32H,1-12H3. The monoisotopic (exact) mass is 756 g/mol. The second-order valence-electron chi connectivity index (χ2n) is 21.1. The summed E-state index contributed by atoms with van der Waals surface area (Å²) in [6, 6.07) is 46.9. The molecule has 2 nitrogen and oxygen atoms in total. The van der Waals surface area contributed by atoms with E-state index in [1.807, 2.05) is 0 Å².